The maximum Gasteiger partial charge on any atom is 0.355 e. The fraction of sp³-hybridized carbons (Fsp3) is 0.667. The molecule has 0 spiro atoms. The number of ketones is 1. The van der Waals surface area contributed by atoms with Crippen molar-refractivity contribution >= 4 is 34.9 Å². The molecule has 156 valence electrons. The first-order valence-corrected chi connectivity index (χ1v) is 11.8. The molecule has 1 aromatic rings. The summed E-state index contributed by atoms with van der Waals surface area (Å²) in [4.78, 5) is 27.3. The Morgan fingerprint density at radius 2 is 2.25 bits per heavy atom. The van der Waals surface area contributed by atoms with Crippen molar-refractivity contribution in [3.05, 3.63) is 23.2 Å². The molecule has 1 fully saturated rings. The topological polar surface area (TPSA) is 87.5 Å². The lowest BCUT2D eigenvalue weighted by atomic mass is 9.80. The smallest absolute Gasteiger partial charge is 0.355 e. The van der Waals surface area contributed by atoms with E-state index in [1.54, 1.807) is 5.38 Å². The van der Waals surface area contributed by atoms with Crippen molar-refractivity contribution in [2.75, 3.05) is 5.75 Å². The van der Waals surface area contributed by atoms with Crippen LogP contribution in [0.25, 0.3) is 0 Å². The van der Waals surface area contributed by atoms with Crippen LogP contribution in [0.4, 0.5) is 0 Å². The van der Waals surface area contributed by atoms with Crippen molar-refractivity contribution in [2.24, 2.45) is 17.3 Å². The second kappa shape index (κ2) is 10.6. The van der Waals surface area contributed by atoms with Crippen molar-refractivity contribution in [1.29, 1.82) is 0 Å². The van der Waals surface area contributed by atoms with E-state index in [2.05, 4.69) is 25.8 Å². The molecular weight excluding hydrogens is 394 g/mol. The molecule has 28 heavy (non-hydrogen) atoms. The number of carboxylic acid groups (broad SMARTS) is 1. The van der Waals surface area contributed by atoms with Crippen molar-refractivity contribution in [2.45, 2.75) is 69.7 Å². The van der Waals surface area contributed by atoms with Crippen molar-refractivity contribution in [1.82, 2.24) is 4.98 Å². The minimum atomic E-state index is -1.01. The predicted molar refractivity (Wildman–Crippen MR) is 114 cm³/mol. The molecule has 2 rings (SSSR count). The standard InChI is InChI=1S/C21H31NO4S2/c1-4-5-11-21(2,3)18(24)9-7-14-6-8-17(23)15(14)10-12-27-20-22-16(13-28-20)19(25)26/h7,9,13-15,18,24H,4-6,8,10-12H2,1-3H3,(H,25,26)/b9-7+/t14-,15-,18-/m1/s1. The van der Waals surface area contributed by atoms with Crippen molar-refractivity contribution in [3.63, 3.8) is 0 Å². The number of hydrogen-bond acceptors (Lipinski definition) is 6. The number of thiazole rings is 1. The number of aromatic carboxylic acids is 1. The minimum absolute atomic E-state index is 0.0198. The van der Waals surface area contributed by atoms with Crippen LogP contribution in [0, 0.1) is 17.3 Å². The number of rotatable bonds is 11. The summed E-state index contributed by atoms with van der Waals surface area (Å²) in [5.74, 6) is 0.168. The Morgan fingerprint density at radius 1 is 1.50 bits per heavy atom. The number of allylic oxidation sites excluding steroid dienone is 1. The Labute approximate surface area is 175 Å². The van der Waals surface area contributed by atoms with Gasteiger partial charge in [0.05, 0.1) is 6.10 Å². The average Bonchev–Trinajstić information content (AvgIpc) is 3.26. The van der Waals surface area contributed by atoms with Crippen LogP contribution in [-0.4, -0.2) is 38.8 Å². The second-order valence-electron chi connectivity index (χ2n) is 8.14. The van der Waals surface area contributed by atoms with E-state index >= 15 is 0 Å². The first-order valence-electron chi connectivity index (χ1n) is 9.95. The number of aliphatic hydroxyl groups excluding tert-OH is 1. The summed E-state index contributed by atoms with van der Waals surface area (Å²) in [7, 11) is 0. The largest absolute Gasteiger partial charge is 0.476 e. The van der Waals surface area contributed by atoms with E-state index in [0.29, 0.717) is 12.2 Å². The van der Waals surface area contributed by atoms with Crippen LogP contribution in [0.5, 0.6) is 0 Å². The van der Waals surface area contributed by atoms with Crippen LogP contribution < -0.4 is 0 Å². The van der Waals surface area contributed by atoms with E-state index in [1.165, 1.54) is 23.1 Å². The summed E-state index contributed by atoms with van der Waals surface area (Å²) in [6.45, 7) is 6.33. The van der Waals surface area contributed by atoms with E-state index in [-0.39, 0.29) is 22.9 Å². The fourth-order valence-electron chi connectivity index (χ4n) is 3.52. The van der Waals surface area contributed by atoms with Gasteiger partial charge in [-0.1, -0.05) is 57.5 Å². The van der Waals surface area contributed by atoms with Crippen molar-refractivity contribution < 1.29 is 19.8 Å². The first kappa shape index (κ1) is 23.1. The number of carbonyl (C=O) groups excluding carboxylic acids is 1. The monoisotopic (exact) mass is 425 g/mol. The molecule has 3 atom stereocenters. The molecule has 0 unspecified atom stereocenters. The van der Waals surface area contributed by atoms with Gasteiger partial charge < -0.3 is 10.2 Å². The highest BCUT2D eigenvalue weighted by atomic mass is 32.2. The van der Waals surface area contributed by atoms with E-state index in [9.17, 15) is 14.7 Å². The van der Waals surface area contributed by atoms with Gasteiger partial charge >= 0.3 is 5.97 Å². The highest BCUT2D eigenvalue weighted by molar-refractivity contribution is 8.01. The fourth-order valence-corrected chi connectivity index (χ4v) is 5.42. The van der Waals surface area contributed by atoms with Gasteiger partial charge in [-0.05, 0) is 30.6 Å². The Kier molecular flexibility index (Phi) is 8.71. The van der Waals surface area contributed by atoms with Crippen LogP contribution in [0.3, 0.4) is 0 Å². The number of thioether (sulfide) groups is 1. The molecule has 0 aliphatic heterocycles. The summed E-state index contributed by atoms with van der Waals surface area (Å²) in [6, 6.07) is 0. The van der Waals surface area contributed by atoms with Crippen LogP contribution in [0.1, 0.15) is 69.8 Å². The maximum atomic E-state index is 12.3. The lowest BCUT2D eigenvalue weighted by Crippen LogP contribution is -2.27. The van der Waals surface area contributed by atoms with Gasteiger partial charge in [0.1, 0.15) is 5.78 Å². The lowest BCUT2D eigenvalue weighted by Gasteiger charge is -2.29. The molecule has 0 bridgehead atoms. The second-order valence-corrected chi connectivity index (χ2v) is 10.3. The number of hydrogen-bond donors (Lipinski definition) is 2. The Balaban J connectivity index is 1.88. The van der Waals surface area contributed by atoms with Gasteiger partial charge in [-0.25, -0.2) is 9.78 Å². The van der Waals surface area contributed by atoms with Crippen LogP contribution in [0.2, 0.25) is 0 Å². The highest BCUT2D eigenvalue weighted by Crippen LogP contribution is 2.36. The molecule has 0 amide bonds. The molecule has 1 saturated carbocycles. The third-order valence-electron chi connectivity index (χ3n) is 5.53. The zero-order chi connectivity index (χ0) is 20.7. The summed E-state index contributed by atoms with van der Waals surface area (Å²) in [5.41, 5.74) is -0.0856. The zero-order valence-corrected chi connectivity index (χ0v) is 18.5. The zero-order valence-electron chi connectivity index (χ0n) is 16.9. The number of nitrogens with zero attached hydrogens (tertiary/aromatic N) is 1. The molecule has 0 saturated heterocycles. The summed E-state index contributed by atoms with van der Waals surface area (Å²) in [6.07, 6.45) is 8.80. The van der Waals surface area contributed by atoms with Gasteiger partial charge in [-0.3, -0.25) is 4.79 Å². The molecular formula is C21H31NO4S2. The Bertz CT molecular complexity index is 698. The number of unbranched alkanes of at least 4 members (excludes halogenated alkanes) is 1. The number of Topliss-reactive ketones (excluding diaryl/α,β-unsaturated/α-hetero) is 1. The van der Waals surface area contributed by atoms with Crippen LogP contribution in [0.15, 0.2) is 21.9 Å². The minimum Gasteiger partial charge on any atom is -0.476 e. The molecule has 1 aliphatic carbocycles. The predicted octanol–water partition coefficient (Wildman–Crippen LogP) is 5.05. The third-order valence-corrected chi connectivity index (χ3v) is 7.58. The van der Waals surface area contributed by atoms with E-state index in [4.69, 9.17) is 5.11 Å². The highest BCUT2D eigenvalue weighted by Gasteiger charge is 2.33. The molecule has 1 aromatic heterocycles. The molecule has 1 aliphatic rings. The van der Waals surface area contributed by atoms with Gasteiger partial charge in [0.25, 0.3) is 0 Å². The maximum absolute atomic E-state index is 12.3. The third kappa shape index (κ3) is 6.42. The van der Waals surface area contributed by atoms with Gasteiger partial charge in [0, 0.05) is 23.5 Å². The molecule has 0 radical (unpaired) electrons. The average molecular weight is 426 g/mol. The van der Waals surface area contributed by atoms with Gasteiger partial charge in [0.2, 0.25) is 0 Å². The van der Waals surface area contributed by atoms with Gasteiger partial charge in [-0.15, -0.1) is 11.3 Å². The summed E-state index contributed by atoms with van der Waals surface area (Å²) >= 11 is 2.83. The van der Waals surface area contributed by atoms with Crippen LogP contribution in [-0.2, 0) is 4.79 Å². The number of aromatic nitrogens is 1. The molecule has 7 heteroatoms. The first-order chi connectivity index (χ1) is 13.2. The molecule has 0 aromatic carbocycles. The molecule has 2 N–H and O–H groups in total. The van der Waals surface area contributed by atoms with Crippen LogP contribution >= 0.6 is 23.1 Å². The van der Waals surface area contributed by atoms with Gasteiger partial charge in [0.15, 0.2) is 10.0 Å². The SMILES string of the molecule is CCCCC(C)(C)[C@H](O)/C=C/[C@H]1CCC(=O)[C@@H]1CCSc1nc(C(=O)O)cs1. The molecule has 5 nitrogen and oxygen atoms in total. The van der Waals surface area contributed by atoms with Crippen molar-refractivity contribution in [3.8, 4) is 0 Å². The number of aliphatic hydroxyl groups is 1. The van der Waals surface area contributed by atoms with E-state index in [1.807, 2.05) is 12.2 Å². The normalized spacial score (nSPS) is 21.5. The molecule has 1 heterocycles. The van der Waals surface area contributed by atoms with Gasteiger partial charge in [-0.2, -0.15) is 0 Å². The number of carboxylic acids is 1. The summed E-state index contributed by atoms with van der Waals surface area (Å²) < 4.78 is 0.725. The quantitative estimate of drug-likeness (QED) is 0.381. The summed E-state index contributed by atoms with van der Waals surface area (Å²) in [5, 5.41) is 21.0. The number of carbonyl (C=O) groups is 2. The Hall–Kier alpha value is -1.18. The Morgan fingerprint density at radius 3 is 2.89 bits per heavy atom. The lowest BCUT2D eigenvalue weighted by molar-refractivity contribution is -0.121. The van der Waals surface area contributed by atoms with E-state index < -0.39 is 12.1 Å². The van der Waals surface area contributed by atoms with E-state index in [0.717, 1.165) is 42.2 Å².